The summed E-state index contributed by atoms with van der Waals surface area (Å²) in [4.78, 5) is 10.1. The highest BCUT2D eigenvalue weighted by Gasteiger charge is 2.42. The van der Waals surface area contributed by atoms with Crippen LogP contribution < -0.4 is 0 Å². The molecule has 0 spiro atoms. The number of carboxylic acids is 1. The van der Waals surface area contributed by atoms with Crippen molar-refractivity contribution in [1.82, 2.24) is 0 Å². The van der Waals surface area contributed by atoms with Crippen LogP contribution in [0.2, 0.25) is 0 Å². The van der Waals surface area contributed by atoms with Crippen molar-refractivity contribution in [3.63, 3.8) is 0 Å². The molecule has 1 aliphatic heterocycles. The van der Waals surface area contributed by atoms with E-state index in [1.807, 2.05) is 0 Å². The average Bonchev–Trinajstić information content (AvgIpc) is 2.59. The molecule has 108 valence electrons. The molecule has 1 aromatic rings. The molecule has 0 amide bonds. The fourth-order valence-corrected chi connectivity index (χ4v) is 3.82. The van der Waals surface area contributed by atoms with Gasteiger partial charge in [0, 0.05) is 5.41 Å². The van der Waals surface area contributed by atoms with Crippen molar-refractivity contribution in [2.24, 2.45) is 5.92 Å². The van der Waals surface area contributed by atoms with Gasteiger partial charge < -0.3 is 5.11 Å². The lowest BCUT2D eigenvalue weighted by molar-refractivity contribution is -0.140. The maximum atomic E-state index is 12.9. The Morgan fingerprint density at radius 1 is 1.30 bits per heavy atom. The Hall–Kier alpha value is -1.83. The Morgan fingerprint density at radius 3 is 2.40 bits per heavy atom. The molecule has 20 heavy (non-hydrogen) atoms. The van der Waals surface area contributed by atoms with Gasteiger partial charge in [-0.3, -0.25) is 4.79 Å². The topological polar surface area (TPSA) is 71.4 Å². The summed E-state index contributed by atoms with van der Waals surface area (Å²) >= 11 is 0. The molecule has 0 radical (unpaired) electrons. The number of fused-ring (bicyclic) bond motifs is 1. The van der Waals surface area contributed by atoms with Crippen LogP contribution in [-0.4, -0.2) is 19.5 Å². The Morgan fingerprint density at radius 2 is 1.90 bits per heavy atom. The monoisotopic (exact) mass is 306 g/mol. The zero-order valence-corrected chi connectivity index (χ0v) is 10.9. The SMILES string of the molecule is CC(C(=O)O)C1=CS(=O)(=O)c2c1cccc2C(F)(F)F. The predicted molar refractivity (Wildman–Crippen MR) is 63.4 cm³/mol. The number of aliphatic carboxylic acids is 1. The van der Waals surface area contributed by atoms with Crippen LogP contribution in [0.5, 0.6) is 0 Å². The number of rotatable bonds is 2. The van der Waals surface area contributed by atoms with E-state index in [-0.39, 0.29) is 11.1 Å². The molecule has 1 N–H and O–H groups in total. The third-order valence-corrected chi connectivity index (χ3v) is 4.61. The highest BCUT2D eigenvalue weighted by molar-refractivity contribution is 7.95. The first-order valence-corrected chi connectivity index (χ1v) is 7.00. The molecule has 1 heterocycles. The van der Waals surface area contributed by atoms with Gasteiger partial charge in [0.1, 0.15) is 0 Å². The van der Waals surface area contributed by atoms with Crippen LogP contribution in [0.3, 0.4) is 0 Å². The largest absolute Gasteiger partial charge is 0.481 e. The summed E-state index contributed by atoms with van der Waals surface area (Å²) in [6.45, 7) is 1.22. The lowest BCUT2D eigenvalue weighted by Crippen LogP contribution is -2.13. The molecule has 2 rings (SSSR count). The van der Waals surface area contributed by atoms with Crippen molar-refractivity contribution in [3.8, 4) is 0 Å². The summed E-state index contributed by atoms with van der Waals surface area (Å²) < 4.78 is 62.4. The van der Waals surface area contributed by atoms with Crippen LogP contribution >= 0.6 is 0 Å². The molecule has 1 atom stereocenters. The van der Waals surface area contributed by atoms with E-state index in [2.05, 4.69) is 0 Å². The van der Waals surface area contributed by atoms with Gasteiger partial charge in [-0.05, 0) is 24.1 Å². The smallest absolute Gasteiger partial charge is 0.417 e. The molecule has 1 aliphatic rings. The number of carboxylic acid groups (broad SMARTS) is 1. The number of halogens is 3. The third kappa shape index (κ3) is 2.20. The van der Waals surface area contributed by atoms with E-state index in [9.17, 15) is 26.4 Å². The molecule has 0 bridgehead atoms. The minimum absolute atomic E-state index is 0.140. The van der Waals surface area contributed by atoms with Crippen LogP contribution in [0.25, 0.3) is 5.57 Å². The van der Waals surface area contributed by atoms with E-state index < -0.39 is 38.4 Å². The number of hydrogen-bond donors (Lipinski definition) is 1. The third-order valence-electron chi connectivity index (χ3n) is 3.04. The molecule has 0 aromatic heterocycles. The summed E-state index contributed by atoms with van der Waals surface area (Å²) in [5.41, 5.74) is -1.62. The zero-order valence-electron chi connectivity index (χ0n) is 10.1. The van der Waals surface area contributed by atoms with Crippen molar-refractivity contribution < 1.29 is 31.5 Å². The molecule has 1 unspecified atom stereocenters. The number of carbonyl (C=O) groups is 1. The minimum Gasteiger partial charge on any atom is -0.481 e. The van der Waals surface area contributed by atoms with Crippen molar-refractivity contribution in [2.45, 2.75) is 18.0 Å². The molecular weight excluding hydrogens is 297 g/mol. The number of benzene rings is 1. The van der Waals surface area contributed by atoms with E-state index >= 15 is 0 Å². The average molecular weight is 306 g/mol. The van der Waals surface area contributed by atoms with Crippen molar-refractivity contribution in [2.75, 3.05) is 0 Å². The summed E-state index contributed by atoms with van der Waals surface area (Å²) in [7, 11) is -4.29. The lowest BCUT2D eigenvalue weighted by atomic mass is 9.94. The summed E-state index contributed by atoms with van der Waals surface area (Å²) in [5.74, 6) is -2.52. The van der Waals surface area contributed by atoms with Crippen LogP contribution in [0, 0.1) is 5.92 Å². The summed E-state index contributed by atoms with van der Waals surface area (Å²) in [6, 6.07) is 2.91. The van der Waals surface area contributed by atoms with Crippen LogP contribution in [0.15, 0.2) is 28.5 Å². The second-order valence-corrected chi connectivity index (χ2v) is 6.09. The highest BCUT2D eigenvalue weighted by Crippen LogP contribution is 2.44. The highest BCUT2D eigenvalue weighted by atomic mass is 32.2. The first-order valence-electron chi connectivity index (χ1n) is 5.46. The molecular formula is C12H9F3O4S. The van der Waals surface area contributed by atoms with E-state index in [1.165, 1.54) is 13.0 Å². The summed E-state index contributed by atoms with van der Waals surface area (Å²) in [6.07, 6.45) is -4.83. The quantitative estimate of drug-likeness (QED) is 0.911. The Labute approximate surface area is 112 Å². The van der Waals surface area contributed by atoms with Crippen molar-refractivity contribution in [1.29, 1.82) is 0 Å². The fraction of sp³-hybridized carbons (Fsp3) is 0.250. The van der Waals surface area contributed by atoms with Crippen molar-refractivity contribution >= 4 is 21.4 Å². The van der Waals surface area contributed by atoms with Gasteiger partial charge in [0.15, 0.2) is 0 Å². The van der Waals surface area contributed by atoms with Gasteiger partial charge in [-0.2, -0.15) is 13.2 Å². The van der Waals surface area contributed by atoms with Crippen LogP contribution in [0.1, 0.15) is 18.1 Å². The first-order chi connectivity index (χ1) is 9.05. The van der Waals surface area contributed by atoms with Gasteiger partial charge in [0.25, 0.3) is 0 Å². The standard InChI is InChI=1S/C12H9F3O4S/c1-6(11(16)17)8-5-20(18,19)10-7(8)3-2-4-9(10)12(13,14)15/h2-6H,1H3,(H,16,17). The maximum Gasteiger partial charge on any atom is 0.417 e. The van der Waals surface area contributed by atoms with Gasteiger partial charge in [0.05, 0.1) is 16.4 Å². The van der Waals surface area contributed by atoms with E-state index in [0.29, 0.717) is 11.5 Å². The molecule has 0 saturated heterocycles. The maximum absolute atomic E-state index is 12.9. The Bertz CT molecular complexity index is 717. The lowest BCUT2D eigenvalue weighted by Gasteiger charge is -2.13. The number of sulfone groups is 1. The van der Waals surface area contributed by atoms with Crippen LogP contribution in [-0.2, 0) is 20.8 Å². The molecule has 8 heteroatoms. The number of alkyl halides is 3. The minimum atomic E-state index is -4.83. The van der Waals surface area contributed by atoms with Gasteiger partial charge in [0.2, 0.25) is 9.84 Å². The van der Waals surface area contributed by atoms with Crippen LogP contribution in [0.4, 0.5) is 13.2 Å². The molecule has 4 nitrogen and oxygen atoms in total. The summed E-state index contributed by atoms with van der Waals surface area (Å²) in [5, 5.41) is 9.51. The Balaban J connectivity index is 2.75. The van der Waals surface area contributed by atoms with Gasteiger partial charge in [-0.15, -0.1) is 0 Å². The molecule has 0 saturated carbocycles. The second kappa shape index (κ2) is 4.34. The second-order valence-electron chi connectivity index (χ2n) is 4.36. The zero-order chi connectivity index (χ0) is 15.3. The molecule has 1 aromatic carbocycles. The van der Waals surface area contributed by atoms with E-state index in [4.69, 9.17) is 5.11 Å². The van der Waals surface area contributed by atoms with E-state index in [1.54, 1.807) is 0 Å². The van der Waals surface area contributed by atoms with Crippen molar-refractivity contribution in [3.05, 3.63) is 34.7 Å². The predicted octanol–water partition coefficient (Wildman–Crippen LogP) is 2.55. The van der Waals surface area contributed by atoms with Gasteiger partial charge >= 0.3 is 12.1 Å². The Kier molecular flexibility index (Phi) is 3.16. The first kappa shape index (κ1) is 14.6. The van der Waals surface area contributed by atoms with Gasteiger partial charge in [-0.25, -0.2) is 8.42 Å². The normalized spacial score (nSPS) is 18.3. The molecule has 0 fully saturated rings. The van der Waals surface area contributed by atoms with E-state index in [0.717, 1.165) is 6.07 Å². The fourth-order valence-electron chi connectivity index (χ4n) is 2.05. The number of hydrogen-bond acceptors (Lipinski definition) is 3. The van der Waals surface area contributed by atoms with Gasteiger partial charge in [-0.1, -0.05) is 12.1 Å². The molecule has 0 aliphatic carbocycles.